The van der Waals surface area contributed by atoms with Crippen LogP contribution in [0.4, 0.5) is 0 Å². The number of aromatic nitrogens is 2. The number of hydrogen-bond acceptors (Lipinski definition) is 0. The highest BCUT2D eigenvalue weighted by molar-refractivity contribution is 6.12. The minimum atomic E-state index is -0.581. The molecule has 0 aliphatic rings. The van der Waals surface area contributed by atoms with Gasteiger partial charge in [-0.1, -0.05) is 84.8 Å². The average molecular weight is 498 g/mol. The number of rotatable bonds is 3. The smallest absolute Gasteiger partial charge is 0.0645 e. The van der Waals surface area contributed by atoms with Crippen LogP contribution in [0.25, 0.3) is 66.1 Å². The molecule has 6 aromatic carbocycles. The summed E-state index contributed by atoms with van der Waals surface area (Å²) in [6, 6.07) is 13.7. The number of hydrogen-bond donors (Lipinski definition) is 0. The highest BCUT2D eigenvalue weighted by atomic mass is 15.0. The van der Waals surface area contributed by atoms with E-state index < -0.39 is 30.2 Å². The number of fused-ring (bicyclic) bond motifs is 6. The van der Waals surface area contributed by atoms with Gasteiger partial charge in [0.2, 0.25) is 0 Å². The zero-order valence-corrected chi connectivity index (χ0v) is 19.7. The number of benzene rings is 6. The summed E-state index contributed by atoms with van der Waals surface area (Å²) in [5, 5.41) is 1.28. The summed E-state index contributed by atoms with van der Waals surface area (Å²) in [6.45, 7) is 0. The average Bonchev–Trinajstić information content (AvgIpc) is 3.59. The molecule has 8 rings (SSSR count). The second-order valence-corrected chi connectivity index (χ2v) is 8.80. The van der Waals surface area contributed by atoms with Gasteiger partial charge in [-0.2, -0.15) is 0 Å². The second kappa shape index (κ2) is 8.22. The molecule has 2 heterocycles. The van der Waals surface area contributed by atoms with E-state index in [1.165, 1.54) is 28.8 Å². The standard InChI is InChI=1S/C36H24N2/c1-3-11-27(12-4-1)37-33-17-9-7-15-29(33)31-23-25(19-21-35(31)37)26-20-22-36-32(24-26)30-16-8-10-18-34(30)38(36)28-13-5-2-6-14-28/h1-24H/i1D,2D,7D,9D,11D,12D,13D,14D,15D,17D,19D,21D,23D. The maximum Gasteiger partial charge on any atom is 0.0645 e. The molecule has 0 aliphatic carbocycles. The summed E-state index contributed by atoms with van der Waals surface area (Å²) >= 11 is 0. The van der Waals surface area contributed by atoms with Crippen LogP contribution in [0.2, 0.25) is 0 Å². The molecule has 2 heteroatoms. The van der Waals surface area contributed by atoms with Crippen molar-refractivity contribution in [1.82, 2.24) is 9.13 Å². The van der Waals surface area contributed by atoms with Crippen LogP contribution in [-0.4, -0.2) is 9.13 Å². The first-order valence-electron chi connectivity index (χ1n) is 18.5. The van der Waals surface area contributed by atoms with E-state index in [2.05, 4.69) is 0 Å². The summed E-state index contributed by atoms with van der Waals surface area (Å²) in [4.78, 5) is 0. The van der Waals surface area contributed by atoms with E-state index in [0.29, 0.717) is 22.0 Å². The Balaban J connectivity index is 1.51. The lowest BCUT2D eigenvalue weighted by Gasteiger charge is -2.09. The highest BCUT2D eigenvalue weighted by Crippen LogP contribution is 2.38. The van der Waals surface area contributed by atoms with Crippen LogP contribution < -0.4 is 0 Å². The molecule has 38 heavy (non-hydrogen) atoms. The maximum absolute atomic E-state index is 9.53. The van der Waals surface area contributed by atoms with E-state index in [0.717, 1.165) is 5.39 Å². The number of para-hydroxylation sites is 4. The minimum absolute atomic E-state index is 0.00425. The van der Waals surface area contributed by atoms with Gasteiger partial charge in [-0.05, 0) is 71.6 Å². The number of nitrogens with zero attached hydrogens (tertiary/aromatic N) is 2. The van der Waals surface area contributed by atoms with Gasteiger partial charge in [0, 0.05) is 32.9 Å². The maximum atomic E-state index is 9.53. The van der Waals surface area contributed by atoms with Crippen LogP contribution >= 0.6 is 0 Å². The van der Waals surface area contributed by atoms with E-state index in [-0.39, 0.29) is 87.1 Å². The van der Waals surface area contributed by atoms with Crippen LogP contribution in [0.3, 0.4) is 0 Å². The third-order valence-electron chi connectivity index (χ3n) is 6.73. The van der Waals surface area contributed by atoms with Crippen LogP contribution in [-0.2, 0) is 0 Å². The topological polar surface area (TPSA) is 9.86 Å². The Labute approximate surface area is 238 Å². The van der Waals surface area contributed by atoms with Crippen molar-refractivity contribution in [1.29, 1.82) is 0 Å². The monoisotopic (exact) mass is 497 g/mol. The van der Waals surface area contributed by atoms with E-state index in [4.69, 9.17) is 13.7 Å². The van der Waals surface area contributed by atoms with E-state index in [9.17, 15) is 4.11 Å². The molecule has 0 saturated heterocycles. The van der Waals surface area contributed by atoms with Crippen LogP contribution in [0.1, 0.15) is 17.8 Å². The predicted molar refractivity (Wildman–Crippen MR) is 161 cm³/mol. The normalized spacial score (nSPS) is 16.5. The van der Waals surface area contributed by atoms with Crippen molar-refractivity contribution < 1.29 is 17.8 Å². The summed E-state index contributed by atoms with van der Waals surface area (Å²) in [6.07, 6.45) is 0. The van der Waals surface area contributed by atoms with Crippen molar-refractivity contribution in [2.24, 2.45) is 0 Å². The molecule has 178 valence electrons. The molecular weight excluding hydrogens is 460 g/mol. The molecule has 0 fully saturated rings. The van der Waals surface area contributed by atoms with Gasteiger partial charge in [-0.15, -0.1) is 0 Å². The minimum Gasteiger partial charge on any atom is -0.309 e. The molecule has 0 saturated carbocycles. The molecule has 0 bridgehead atoms. The van der Waals surface area contributed by atoms with Gasteiger partial charge in [0.15, 0.2) is 0 Å². The third-order valence-corrected chi connectivity index (χ3v) is 6.73. The quantitative estimate of drug-likeness (QED) is 0.230. The van der Waals surface area contributed by atoms with Gasteiger partial charge in [-0.3, -0.25) is 0 Å². The van der Waals surface area contributed by atoms with E-state index in [1.54, 1.807) is 22.8 Å². The highest BCUT2D eigenvalue weighted by Gasteiger charge is 2.15. The van der Waals surface area contributed by atoms with Gasteiger partial charge in [-0.25, -0.2) is 0 Å². The van der Waals surface area contributed by atoms with Crippen molar-refractivity contribution in [3.8, 4) is 22.5 Å². The lowest BCUT2D eigenvalue weighted by Crippen LogP contribution is -1.93. The van der Waals surface area contributed by atoms with E-state index in [1.807, 2.05) is 24.3 Å². The van der Waals surface area contributed by atoms with Gasteiger partial charge < -0.3 is 9.13 Å². The molecule has 0 atom stereocenters. The molecule has 2 aromatic heterocycles. The molecule has 0 amide bonds. The Morgan fingerprint density at radius 2 is 1.08 bits per heavy atom. The van der Waals surface area contributed by atoms with Crippen LogP contribution in [0.5, 0.6) is 0 Å². The summed E-state index contributed by atoms with van der Waals surface area (Å²) in [7, 11) is 0. The molecule has 2 nitrogen and oxygen atoms in total. The largest absolute Gasteiger partial charge is 0.309 e. The summed E-state index contributed by atoms with van der Waals surface area (Å²) in [5.41, 5.74) is 1.57. The fourth-order valence-electron chi connectivity index (χ4n) is 5.12. The zero-order valence-electron chi connectivity index (χ0n) is 32.7. The Morgan fingerprint density at radius 1 is 0.421 bits per heavy atom. The van der Waals surface area contributed by atoms with Crippen molar-refractivity contribution >= 4 is 43.6 Å². The molecule has 0 N–H and O–H groups in total. The lowest BCUT2D eigenvalue weighted by molar-refractivity contribution is 1.18. The third kappa shape index (κ3) is 3.07. The Hall–Kier alpha value is -5.08. The van der Waals surface area contributed by atoms with Crippen LogP contribution in [0.15, 0.2) is 145 Å². The Kier molecular flexibility index (Phi) is 2.59. The van der Waals surface area contributed by atoms with Crippen molar-refractivity contribution in [2.75, 3.05) is 0 Å². The van der Waals surface area contributed by atoms with Gasteiger partial charge in [0.25, 0.3) is 0 Å². The fraction of sp³-hybridized carbons (Fsp3) is 0. The van der Waals surface area contributed by atoms with Gasteiger partial charge in [0.05, 0.1) is 39.9 Å². The van der Waals surface area contributed by atoms with Crippen molar-refractivity contribution in [2.45, 2.75) is 0 Å². The Morgan fingerprint density at radius 3 is 1.87 bits per heavy atom. The molecule has 0 radical (unpaired) electrons. The first-order valence-corrected chi connectivity index (χ1v) is 12.0. The van der Waals surface area contributed by atoms with Crippen molar-refractivity contribution in [3.05, 3.63) is 145 Å². The first-order chi connectivity index (χ1) is 24.2. The van der Waals surface area contributed by atoms with Crippen molar-refractivity contribution in [3.63, 3.8) is 0 Å². The molecule has 0 aliphatic heterocycles. The summed E-state index contributed by atoms with van der Waals surface area (Å²) in [5.74, 6) is 0. The molecular formula is C36H24N2. The summed E-state index contributed by atoms with van der Waals surface area (Å²) < 4.78 is 116. The molecule has 8 aromatic rings. The van der Waals surface area contributed by atoms with Gasteiger partial charge >= 0.3 is 0 Å². The lowest BCUT2D eigenvalue weighted by atomic mass is 10.0. The molecule has 0 spiro atoms. The van der Waals surface area contributed by atoms with Crippen LogP contribution in [0, 0.1) is 0 Å². The Bertz CT molecular complexity index is 2810. The SMILES string of the molecule is [2H]c1cc([2H])c(-n2c3ccccc3c3cc(-c4c([2H])c([2H])c5c(c4[2H])c4c([2H])c([2H])c([2H])c([2H])c4n5-c4c([2H])cc([2H])cc4[2H])ccc32)c([2H])c1. The molecule has 0 unspecified atom stereocenters. The predicted octanol–water partition coefficient (Wildman–Crippen LogP) is 9.55. The van der Waals surface area contributed by atoms with Gasteiger partial charge in [0.1, 0.15) is 0 Å². The first kappa shape index (κ1) is 12.0. The second-order valence-electron chi connectivity index (χ2n) is 8.80. The van der Waals surface area contributed by atoms with E-state index >= 15 is 0 Å². The zero-order chi connectivity index (χ0) is 36.4. The fourth-order valence-corrected chi connectivity index (χ4v) is 5.12.